The van der Waals surface area contributed by atoms with Gasteiger partial charge in [-0.25, -0.2) is 4.68 Å². The lowest BCUT2D eigenvalue weighted by Gasteiger charge is -2.37. The van der Waals surface area contributed by atoms with Crippen LogP contribution in [-0.2, 0) is 16.1 Å². The van der Waals surface area contributed by atoms with Crippen molar-refractivity contribution in [2.24, 2.45) is 0 Å². The number of nitrogens with zero attached hydrogens (tertiary/aromatic N) is 4. The van der Waals surface area contributed by atoms with E-state index in [0.717, 1.165) is 4.68 Å². The lowest BCUT2D eigenvalue weighted by atomic mass is 10.1. The minimum atomic E-state index is -1.03. The van der Waals surface area contributed by atoms with Crippen molar-refractivity contribution in [3.8, 4) is 0 Å². The van der Waals surface area contributed by atoms with E-state index in [0.29, 0.717) is 19.7 Å². The van der Waals surface area contributed by atoms with Crippen LogP contribution >= 0.6 is 0 Å². The smallest absolute Gasteiger partial charge is 0.325 e. The first-order chi connectivity index (χ1) is 8.87. The number of hydrogen-bond donors (Lipinski definition) is 1. The van der Waals surface area contributed by atoms with Gasteiger partial charge in [-0.3, -0.25) is 9.59 Å². The van der Waals surface area contributed by atoms with Crippen molar-refractivity contribution in [2.45, 2.75) is 26.0 Å². The summed E-state index contributed by atoms with van der Waals surface area (Å²) >= 11 is 0. The molecule has 19 heavy (non-hydrogen) atoms. The van der Waals surface area contributed by atoms with Crippen LogP contribution < -0.4 is 0 Å². The maximum absolute atomic E-state index is 12.2. The molecule has 2 heterocycles. The molecule has 1 aliphatic rings. The Hall–Kier alpha value is -1.96. The molecule has 1 N–H and O–H groups in total. The van der Waals surface area contributed by atoms with Crippen LogP contribution in [0.2, 0.25) is 0 Å². The van der Waals surface area contributed by atoms with Crippen molar-refractivity contribution in [3.05, 3.63) is 11.9 Å². The summed E-state index contributed by atoms with van der Waals surface area (Å²) in [5, 5.41) is 16.0. The highest BCUT2D eigenvalue weighted by Crippen LogP contribution is 2.17. The van der Waals surface area contributed by atoms with E-state index in [2.05, 4.69) is 10.3 Å². The molecule has 8 heteroatoms. The zero-order chi connectivity index (χ0) is 14.0. The van der Waals surface area contributed by atoms with Crippen molar-refractivity contribution in [2.75, 3.05) is 19.7 Å². The molecule has 104 valence electrons. The van der Waals surface area contributed by atoms with Crippen molar-refractivity contribution in [3.63, 3.8) is 0 Å². The second-order valence-electron chi connectivity index (χ2n) is 5.03. The van der Waals surface area contributed by atoms with Crippen LogP contribution in [0.25, 0.3) is 0 Å². The molecule has 8 nitrogen and oxygen atoms in total. The Morgan fingerprint density at radius 3 is 2.89 bits per heavy atom. The molecule has 1 aliphatic heterocycles. The fraction of sp³-hybridized carbons (Fsp3) is 0.636. The summed E-state index contributed by atoms with van der Waals surface area (Å²) in [6.45, 7) is 4.95. The van der Waals surface area contributed by atoms with E-state index < -0.39 is 5.97 Å². The molecule has 0 unspecified atom stereocenters. The molecule has 1 saturated heterocycles. The average Bonchev–Trinajstić information content (AvgIpc) is 2.74. The number of aliphatic carboxylic acids is 1. The van der Waals surface area contributed by atoms with Gasteiger partial charge < -0.3 is 14.7 Å². The zero-order valence-corrected chi connectivity index (χ0v) is 10.9. The van der Waals surface area contributed by atoms with E-state index in [9.17, 15) is 9.59 Å². The van der Waals surface area contributed by atoms with E-state index in [1.54, 1.807) is 4.90 Å². The van der Waals surface area contributed by atoms with Crippen LogP contribution in [0.3, 0.4) is 0 Å². The number of carboxylic acid groups (broad SMARTS) is 1. The fourth-order valence-corrected chi connectivity index (χ4v) is 1.96. The molecule has 1 fully saturated rings. The summed E-state index contributed by atoms with van der Waals surface area (Å²) in [6.07, 6.45) is 1.35. The summed E-state index contributed by atoms with van der Waals surface area (Å²) in [6, 6.07) is 0. The van der Waals surface area contributed by atoms with Crippen molar-refractivity contribution in [1.82, 2.24) is 19.9 Å². The van der Waals surface area contributed by atoms with Gasteiger partial charge in [0.25, 0.3) is 5.91 Å². The highest BCUT2D eigenvalue weighted by Gasteiger charge is 2.31. The van der Waals surface area contributed by atoms with E-state index in [1.165, 1.54) is 6.20 Å². The van der Waals surface area contributed by atoms with Gasteiger partial charge in [0.05, 0.1) is 18.4 Å². The predicted octanol–water partition coefficient (Wildman–Crippen LogP) is -0.386. The number of hydrogen-bond acceptors (Lipinski definition) is 5. The Balaban J connectivity index is 2.07. The Bertz CT molecular complexity index is 497. The van der Waals surface area contributed by atoms with Crippen LogP contribution in [0.4, 0.5) is 0 Å². The van der Waals surface area contributed by atoms with Crippen LogP contribution in [-0.4, -0.2) is 62.2 Å². The van der Waals surface area contributed by atoms with Gasteiger partial charge >= 0.3 is 5.97 Å². The van der Waals surface area contributed by atoms with Gasteiger partial charge in [-0.2, -0.15) is 0 Å². The number of morpholine rings is 1. The molecule has 1 aromatic heterocycles. The van der Waals surface area contributed by atoms with Gasteiger partial charge in [-0.05, 0) is 13.8 Å². The third-order valence-electron chi connectivity index (χ3n) is 2.77. The number of rotatable bonds is 3. The highest BCUT2D eigenvalue weighted by molar-refractivity contribution is 5.92. The standard InChI is InChI=1S/C11H16N4O4/c1-11(2)7-14(3-4-19-11)10(18)8-5-15(13-12-8)6-9(16)17/h5H,3-4,6-7H2,1-2H3,(H,16,17). The van der Waals surface area contributed by atoms with Gasteiger partial charge in [0.15, 0.2) is 5.69 Å². The third kappa shape index (κ3) is 3.28. The molecule has 0 aliphatic carbocycles. The van der Waals surface area contributed by atoms with E-state index in [-0.39, 0.29) is 23.7 Å². The normalized spacial score (nSPS) is 18.3. The van der Waals surface area contributed by atoms with Gasteiger partial charge in [-0.1, -0.05) is 5.21 Å². The third-order valence-corrected chi connectivity index (χ3v) is 2.77. The first kappa shape index (κ1) is 13.5. The number of amides is 1. The van der Waals surface area contributed by atoms with Crippen molar-refractivity contribution in [1.29, 1.82) is 0 Å². The Morgan fingerprint density at radius 2 is 2.26 bits per heavy atom. The minimum absolute atomic E-state index is 0.152. The first-order valence-corrected chi connectivity index (χ1v) is 5.92. The molecule has 0 aromatic carbocycles. The van der Waals surface area contributed by atoms with Crippen LogP contribution in [0.1, 0.15) is 24.3 Å². The molecule has 0 saturated carbocycles. The Kier molecular flexibility index (Phi) is 3.52. The summed E-state index contributed by atoms with van der Waals surface area (Å²) in [4.78, 5) is 24.4. The minimum Gasteiger partial charge on any atom is -0.480 e. The second kappa shape index (κ2) is 4.96. The second-order valence-corrected chi connectivity index (χ2v) is 5.03. The molecule has 2 rings (SSSR count). The quantitative estimate of drug-likeness (QED) is 0.802. The number of ether oxygens (including phenoxy) is 1. The largest absolute Gasteiger partial charge is 0.480 e. The molecular weight excluding hydrogens is 252 g/mol. The van der Waals surface area contributed by atoms with Gasteiger partial charge in [0, 0.05) is 13.1 Å². The molecule has 1 amide bonds. The zero-order valence-electron chi connectivity index (χ0n) is 10.9. The van der Waals surface area contributed by atoms with Gasteiger partial charge in [-0.15, -0.1) is 5.10 Å². The van der Waals surface area contributed by atoms with E-state index >= 15 is 0 Å². The SMILES string of the molecule is CC1(C)CN(C(=O)c2cn(CC(=O)O)nn2)CCO1. The van der Waals surface area contributed by atoms with Gasteiger partial charge in [0.2, 0.25) is 0 Å². The topological polar surface area (TPSA) is 97.6 Å². The van der Waals surface area contributed by atoms with Crippen LogP contribution in [0.5, 0.6) is 0 Å². The fourth-order valence-electron chi connectivity index (χ4n) is 1.96. The van der Waals surface area contributed by atoms with Crippen molar-refractivity contribution < 1.29 is 19.4 Å². The summed E-state index contributed by atoms with van der Waals surface area (Å²) in [7, 11) is 0. The lowest BCUT2D eigenvalue weighted by Crippen LogP contribution is -2.50. The molecule has 0 bridgehead atoms. The van der Waals surface area contributed by atoms with E-state index in [4.69, 9.17) is 9.84 Å². The maximum Gasteiger partial charge on any atom is 0.325 e. The Morgan fingerprint density at radius 1 is 1.53 bits per heavy atom. The summed E-state index contributed by atoms with van der Waals surface area (Å²) in [5.74, 6) is -1.29. The van der Waals surface area contributed by atoms with Crippen LogP contribution in [0, 0.1) is 0 Å². The summed E-state index contributed by atoms with van der Waals surface area (Å²) < 4.78 is 6.65. The molecule has 1 aromatic rings. The number of carboxylic acids is 1. The average molecular weight is 268 g/mol. The lowest BCUT2D eigenvalue weighted by molar-refractivity contribution is -0.137. The number of carbonyl (C=O) groups is 2. The molecular formula is C11H16N4O4. The Labute approximate surface area is 109 Å². The maximum atomic E-state index is 12.2. The highest BCUT2D eigenvalue weighted by atomic mass is 16.5. The number of aromatic nitrogens is 3. The first-order valence-electron chi connectivity index (χ1n) is 5.92. The molecule has 0 atom stereocenters. The van der Waals surface area contributed by atoms with Gasteiger partial charge in [0.1, 0.15) is 6.54 Å². The molecule has 0 radical (unpaired) electrons. The van der Waals surface area contributed by atoms with E-state index in [1.807, 2.05) is 13.8 Å². The van der Waals surface area contributed by atoms with Crippen molar-refractivity contribution >= 4 is 11.9 Å². The van der Waals surface area contributed by atoms with Crippen LogP contribution in [0.15, 0.2) is 6.20 Å². The summed E-state index contributed by atoms with van der Waals surface area (Å²) in [5.41, 5.74) is -0.232. The molecule has 0 spiro atoms. The number of carbonyl (C=O) groups excluding carboxylic acids is 1. The predicted molar refractivity (Wildman–Crippen MR) is 63.6 cm³/mol. The monoisotopic (exact) mass is 268 g/mol.